The zero-order valence-electron chi connectivity index (χ0n) is 12.4. The molecule has 0 fully saturated rings. The number of anilines is 2. The molecular weight excluding hydrogens is 260 g/mol. The van der Waals surface area contributed by atoms with Crippen LogP contribution in [0.3, 0.4) is 0 Å². The summed E-state index contributed by atoms with van der Waals surface area (Å²) in [7, 11) is 1.97. The van der Waals surface area contributed by atoms with Gasteiger partial charge in [-0.15, -0.1) is 0 Å². The van der Waals surface area contributed by atoms with Gasteiger partial charge in [0.05, 0.1) is 0 Å². The van der Waals surface area contributed by atoms with Gasteiger partial charge in [0.25, 0.3) is 5.91 Å². The first-order chi connectivity index (χ1) is 8.82. The fraction of sp³-hybridized carbons (Fsp3) is 0.692. The van der Waals surface area contributed by atoms with E-state index >= 15 is 0 Å². The molecule has 6 heteroatoms. The molecule has 0 saturated heterocycles. The molecule has 108 valence electrons. The third kappa shape index (κ3) is 4.38. The zero-order valence-corrected chi connectivity index (χ0v) is 13.2. The van der Waals surface area contributed by atoms with Crippen LogP contribution >= 0.6 is 11.5 Å². The van der Waals surface area contributed by atoms with Gasteiger partial charge in [-0.1, -0.05) is 13.8 Å². The van der Waals surface area contributed by atoms with Crippen molar-refractivity contribution in [2.75, 3.05) is 24.2 Å². The largest absolute Gasteiger partial charge is 0.382 e. The lowest BCUT2D eigenvalue weighted by molar-refractivity contribution is 0.0945. The second-order valence-corrected chi connectivity index (χ2v) is 6.23. The minimum Gasteiger partial charge on any atom is -0.382 e. The van der Waals surface area contributed by atoms with Crippen molar-refractivity contribution in [2.24, 2.45) is 5.92 Å². The Bertz CT molecular complexity index is 428. The van der Waals surface area contributed by atoms with E-state index in [1.807, 2.05) is 20.9 Å². The summed E-state index contributed by atoms with van der Waals surface area (Å²) in [6.45, 7) is 9.11. The normalized spacial score (nSPS) is 11.1. The van der Waals surface area contributed by atoms with Gasteiger partial charge < -0.3 is 16.0 Å². The SMILES string of the molecule is CC(C)CCN(C)c1snc(N)c1C(=O)NC(C)C. The Morgan fingerprint density at radius 2 is 2.05 bits per heavy atom. The number of hydrogen-bond donors (Lipinski definition) is 2. The molecule has 0 aliphatic rings. The van der Waals surface area contributed by atoms with Gasteiger partial charge in [-0.25, -0.2) is 0 Å². The summed E-state index contributed by atoms with van der Waals surface area (Å²) >= 11 is 1.28. The van der Waals surface area contributed by atoms with Gasteiger partial charge in [0.15, 0.2) is 5.82 Å². The summed E-state index contributed by atoms with van der Waals surface area (Å²) in [5, 5.41) is 3.71. The van der Waals surface area contributed by atoms with Crippen molar-refractivity contribution in [3.8, 4) is 0 Å². The number of amides is 1. The third-order valence-corrected chi connectivity index (χ3v) is 3.71. The molecule has 0 aliphatic heterocycles. The number of carbonyl (C=O) groups excluding carboxylic acids is 1. The molecule has 0 saturated carbocycles. The van der Waals surface area contributed by atoms with Gasteiger partial charge >= 0.3 is 0 Å². The summed E-state index contributed by atoms with van der Waals surface area (Å²) in [5.41, 5.74) is 6.33. The zero-order chi connectivity index (χ0) is 14.6. The topological polar surface area (TPSA) is 71.2 Å². The van der Waals surface area contributed by atoms with Gasteiger partial charge in [0.2, 0.25) is 0 Å². The fourth-order valence-electron chi connectivity index (χ4n) is 1.65. The molecule has 0 atom stereocenters. The average Bonchev–Trinajstić information content (AvgIpc) is 2.67. The number of hydrogen-bond acceptors (Lipinski definition) is 5. The van der Waals surface area contributed by atoms with Crippen LogP contribution in [0.2, 0.25) is 0 Å². The maximum atomic E-state index is 12.1. The van der Waals surface area contributed by atoms with Crippen LogP contribution in [-0.4, -0.2) is 29.9 Å². The Kier molecular flexibility index (Phi) is 5.60. The van der Waals surface area contributed by atoms with E-state index in [4.69, 9.17) is 5.73 Å². The molecule has 0 aromatic carbocycles. The van der Waals surface area contributed by atoms with Crippen molar-refractivity contribution in [2.45, 2.75) is 40.2 Å². The van der Waals surface area contributed by atoms with Crippen molar-refractivity contribution >= 4 is 28.3 Å². The predicted molar refractivity (Wildman–Crippen MR) is 81.9 cm³/mol. The van der Waals surface area contributed by atoms with Crippen molar-refractivity contribution < 1.29 is 4.79 Å². The minimum atomic E-state index is -0.146. The van der Waals surface area contributed by atoms with E-state index in [0.29, 0.717) is 17.3 Å². The highest BCUT2D eigenvalue weighted by Gasteiger charge is 2.22. The van der Waals surface area contributed by atoms with Crippen molar-refractivity contribution in [1.29, 1.82) is 0 Å². The maximum Gasteiger partial charge on any atom is 0.258 e. The molecule has 1 rings (SSSR count). The Morgan fingerprint density at radius 3 is 2.58 bits per heavy atom. The van der Waals surface area contributed by atoms with Crippen LogP contribution in [0.5, 0.6) is 0 Å². The number of rotatable bonds is 6. The monoisotopic (exact) mass is 284 g/mol. The molecule has 0 spiro atoms. The minimum absolute atomic E-state index is 0.0839. The molecule has 0 unspecified atom stereocenters. The molecule has 1 aromatic rings. The van der Waals surface area contributed by atoms with Crippen LogP contribution in [-0.2, 0) is 0 Å². The van der Waals surface area contributed by atoms with E-state index in [0.717, 1.165) is 18.0 Å². The van der Waals surface area contributed by atoms with Crippen molar-refractivity contribution in [1.82, 2.24) is 9.69 Å². The Morgan fingerprint density at radius 1 is 1.42 bits per heavy atom. The first kappa shape index (κ1) is 15.8. The highest BCUT2D eigenvalue weighted by Crippen LogP contribution is 2.30. The number of carbonyl (C=O) groups is 1. The maximum absolute atomic E-state index is 12.1. The van der Waals surface area contributed by atoms with E-state index in [1.54, 1.807) is 0 Å². The van der Waals surface area contributed by atoms with Gasteiger partial charge in [0.1, 0.15) is 10.6 Å². The van der Waals surface area contributed by atoms with Crippen LogP contribution in [0.25, 0.3) is 0 Å². The molecular formula is C13H24N4OS. The van der Waals surface area contributed by atoms with E-state index < -0.39 is 0 Å². The second-order valence-electron chi connectivity index (χ2n) is 5.48. The van der Waals surface area contributed by atoms with Crippen LogP contribution in [0.15, 0.2) is 0 Å². The van der Waals surface area contributed by atoms with Gasteiger partial charge in [0, 0.05) is 19.6 Å². The number of nitrogens with zero attached hydrogens (tertiary/aromatic N) is 2. The Hall–Kier alpha value is -1.30. The Balaban J connectivity index is 2.87. The summed E-state index contributed by atoms with van der Waals surface area (Å²) in [5.74, 6) is 0.794. The van der Waals surface area contributed by atoms with Crippen molar-refractivity contribution in [3.05, 3.63) is 5.56 Å². The second kappa shape index (κ2) is 6.75. The molecule has 0 bridgehead atoms. The van der Waals surface area contributed by atoms with E-state index in [2.05, 4.69) is 28.4 Å². The number of aromatic nitrogens is 1. The highest BCUT2D eigenvalue weighted by molar-refractivity contribution is 7.11. The van der Waals surface area contributed by atoms with Gasteiger partial charge in [-0.3, -0.25) is 4.79 Å². The Labute approximate surface area is 119 Å². The van der Waals surface area contributed by atoms with Gasteiger partial charge in [-0.05, 0) is 37.7 Å². The summed E-state index contributed by atoms with van der Waals surface area (Å²) < 4.78 is 4.11. The standard InChI is InChI=1S/C13H24N4OS/c1-8(2)6-7-17(5)13-10(11(14)16-19-13)12(18)15-9(3)4/h8-9H,6-7H2,1-5H3,(H2,14,16)(H,15,18). The van der Waals surface area contributed by atoms with E-state index in [1.165, 1.54) is 11.5 Å². The average molecular weight is 284 g/mol. The first-order valence-electron chi connectivity index (χ1n) is 6.60. The molecule has 0 radical (unpaired) electrons. The molecule has 1 aromatic heterocycles. The van der Waals surface area contributed by atoms with Crippen molar-refractivity contribution in [3.63, 3.8) is 0 Å². The summed E-state index contributed by atoms with van der Waals surface area (Å²) in [6.07, 6.45) is 1.07. The lowest BCUT2D eigenvalue weighted by Crippen LogP contribution is -2.32. The van der Waals surface area contributed by atoms with Crippen LogP contribution < -0.4 is 16.0 Å². The smallest absolute Gasteiger partial charge is 0.258 e. The quantitative estimate of drug-likeness (QED) is 0.841. The lowest BCUT2D eigenvalue weighted by atomic mass is 10.1. The molecule has 1 amide bonds. The lowest BCUT2D eigenvalue weighted by Gasteiger charge is -2.19. The van der Waals surface area contributed by atoms with Gasteiger partial charge in [-0.2, -0.15) is 4.37 Å². The van der Waals surface area contributed by atoms with Crippen LogP contribution in [0.4, 0.5) is 10.8 Å². The van der Waals surface area contributed by atoms with E-state index in [-0.39, 0.29) is 11.9 Å². The number of nitrogens with two attached hydrogens (primary N) is 1. The number of nitrogens with one attached hydrogen (secondary N) is 1. The summed E-state index contributed by atoms with van der Waals surface area (Å²) in [6, 6.07) is 0.0839. The number of nitrogen functional groups attached to an aromatic ring is 1. The molecule has 19 heavy (non-hydrogen) atoms. The summed E-state index contributed by atoms with van der Waals surface area (Å²) in [4.78, 5) is 14.2. The van der Waals surface area contributed by atoms with Crippen LogP contribution in [0, 0.1) is 5.92 Å². The third-order valence-electron chi connectivity index (χ3n) is 2.74. The molecule has 5 nitrogen and oxygen atoms in total. The predicted octanol–water partition coefficient (Wildman–Crippen LogP) is 2.35. The molecule has 1 heterocycles. The molecule has 3 N–H and O–H groups in total. The molecule has 0 aliphatic carbocycles. The van der Waals surface area contributed by atoms with E-state index in [9.17, 15) is 4.79 Å². The fourth-order valence-corrected chi connectivity index (χ4v) is 2.45. The van der Waals surface area contributed by atoms with Crippen LogP contribution in [0.1, 0.15) is 44.5 Å². The first-order valence-corrected chi connectivity index (χ1v) is 7.37. The highest BCUT2D eigenvalue weighted by atomic mass is 32.1.